The van der Waals surface area contributed by atoms with Crippen molar-refractivity contribution >= 4 is 28.2 Å². The Morgan fingerprint density at radius 2 is 1.64 bits per heavy atom. The lowest BCUT2D eigenvalue weighted by Gasteiger charge is -2.46. The monoisotopic (exact) mass is 434 g/mol. The molecule has 3 aliphatic rings. The van der Waals surface area contributed by atoms with Crippen LogP contribution in [0.1, 0.15) is 80.1 Å². The molecule has 2 N–H and O–H groups in total. The van der Waals surface area contributed by atoms with Crippen molar-refractivity contribution in [2.45, 2.75) is 91.1 Å². The van der Waals surface area contributed by atoms with Crippen LogP contribution in [-0.4, -0.2) is 37.6 Å². The lowest BCUT2D eigenvalue weighted by molar-refractivity contribution is -0.128. The van der Waals surface area contributed by atoms with Crippen LogP contribution in [0.5, 0.6) is 0 Å². The standard InChI is InChI=1S/C21H38N2O3S.ClH/c1-18(2)12-15(13-19(3,4)23-18)8-10-22-27(25,26)14-21-9-7-16(11-17(21)24)20(21,5)6;/h15-16,22-23H,7-14H2,1-6H3;1H. The first-order valence-corrected chi connectivity index (χ1v) is 12.1. The van der Waals surface area contributed by atoms with Crippen LogP contribution in [0.15, 0.2) is 0 Å². The molecule has 0 aromatic rings. The summed E-state index contributed by atoms with van der Waals surface area (Å²) >= 11 is 0. The Hall–Kier alpha value is -0.170. The highest BCUT2D eigenvalue weighted by Crippen LogP contribution is 2.64. The number of halogens is 1. The SMILES string of the molecule is CC1(C)CC(CCNS(=O)(=O)CC23CCC(CC2=O)C3(C)C)CC(C)(C)N1.Cl. The van der Waals surface area contributed by atoms with E-state index in [1.165, 1.54) is 0 Å². The average Bonchev–Trinajstić information content (AvgIpc) is 2.77. The molecule has 2 bridgehead atoms. The molecule has 5 nitrogen and oxygen atoms in total. The van der Waals surface area contributed by atoms with Crippen molar-refractivity contribution in [2.75, 3.05) is 12.3 Å². The molecule has 7 heteroatoms. The zero-order valence-electron chi connectivity index (χ0n) is 18.4. The molecule has 0 amide bonds. The lowest BCUT2D eigenvalue weighted by atomic mass is 9.70. The number of carbonyl (C=O) groups is 1. The van der Waals surface area contributed by atoms with Crippen molar-refractivity contribution in [3.8, 4) is 0 Å². The van der Waals surface area contributed by atoms with Crippen molar-refractivity contribution in [1.82, 2.24) is 10.0 Å². The molecule has 0 aromatic carbocycles. The van der Waals surface area contributed by atoms with Gasteiger partial charge in [-0.3, -0.25) is 4.79 Å². The highest BCUT2D eigenvalue weighted by atomic mass is 35.5. The molecular formula is C21H39ClN2O3S. The normalized spacial score (nSPS) is 33.6. The highest BCUT2D eigenvalue weighted by Gasteiger charge is 2.65. The second kappa shape index (κ2) is 7.51. The van der Waals surface area contributed by atoms with Gasteiger partial charge in [0.2, 0.25) is 10.0 Å². The van der Waals surface area contributed by atoms with Crippen LogP contribution >= 0.6 is 12.4 Å². The molecule has 164 valence electrons. The average molecular weight is 435 g/mol. The van der Waals surface area contributed by atoms with Gasteiger partial charge in [0.1, 0.15) is 5.78 Å². The quantitative estimate of drug-likeness (QED) is 0.668. The number of ketones is 1. The molecule has 2 aliphatic carbocycles. The van der Waals surface area contributed by atoms with Crippen LogP contribution in [0.2, 0.25) is 0 Å². The highest BCUT2D eigenvalue weighted by molar-refractivity contribution is 7.89. The fraction of sp³-hybridized carbons (Fsp3) is 0.952. The van der Waals surface area contributed by atoms with E-state index in [0.29, 0.717) is 24.8 Å². The summed E-state index contributed by atoms with van der Waals surface area (Å²) in [6.45, 7) is 13.5. The Bertz CT molecular complexity index is 701. The summed E-state index contributed by atoms with van der Waals surface area (Å²) in [5.74, 6) is 0.971. The molecule has 2 unspecified atom stereocenters. The van der Waals surface area contributed by atoms with Gasteiger partial charge in [0, 0.05) is 29.5 Å². The van der Waals surface area contributed by atoms with Gasteiger partial charge in [-0.15, -0.1) is 12.4 Å². The van der Waals surface area contributed by atoms with Crippen molar-refractivity contribution in [2.24, 2.45) is 22.7 Å². The van der Waals surface area contributed by atoms with Gasteiger partial charge in [-0.05, 0) is 77.0 Å². The molecule has 3 fully saturated rings. The maximum atomic E-state index is 12.8. The van der Waals surface area contributed by atoms with Crippen LogP contribution < -0.4 is 10.0 Å². The summed E-state index contributed by atoms with van der Waals surface area (Å²) < 4.78 is 28.5. The first kappa shape index (κ1) is 24.1. The number of hydrogen-bond acceptors (Lipinski definition) is 4. The van der Waals surface area contributed by atoms with Gasteiger partial charge in [-0.1, -0.05) is 13.8 Å². The van der Waals surface area contributed by atoms with Crippen LogP contribution in [0.25, 0.3) is 0 Å². The maximum absolute atomic E-state index is 12.8. The van der Waals surface area contributed by atoms with E-state index in [1.807, 2.05) is 0 Å². The summed E-state index contributed by atoms with van der Waals surface area (Å²) in [6.07, 6.45) is 5.21. The molecule has 2 atom stereocenters. The Morgan fingerprint density at radius 1 is 1.07 bits per heavy atom. The minimum Gasteiger partial charge on any atom is -0.307 e. The largest absolute Gasteiger partial charge is 0.307 e. The van der Waals surface area contributed by atoms with Crippen molar-refractivity contribution < 1.29 is 13.2 Å². The van der Waals surface area contributed by atoms with E-state index in [-0.39, 0.29) is 40.4 Å². The predicted octanol–water partition coefficient (Wildman–Crippen LogP) is 3.67. The van der Waals surface area contributed by atoms with Crippen LogP contribution in [-0.2, 0) is 14.8 Å². The number of Topliss-reactive ketones (excluding diaryl/α,β-unsaturated/α-hetero) is 1. The zero-order valence-corrected chi connectivity index (χ0v) is 20.0. The van der Waals surface area contributed by atoms with Crippen LogP contribution in [0, 0.1) is 22.7 Å². The number of carbonyl (C=O) groups excluding carboxylic acids is 1. The molecule has 1 saturated heterocycles. The van der Waals surface area contributed by atoms with Gasteiger partial charge in [-0.2, -0.15) is 0 Å². The van der Waals surface area contributed by atoms with Crippen LogP contribution in [0.4, 0.5) is 0 Å². The second-order valence-corrected chi connectivity index (χ2v) is 13.1. The van der Waals surface area contributed by atoms with Gasteiger partial charge in [-0.25, -0.2) is 13.1 Å². The molecule has 0 spiro atoms. The third-order valence-electron chi connectivity index (χ3n) is 7.72. The maximum Gasteiger partial charge on any atom is 0.212 e. The van der Waals surface area contributed by atoms with Crippen LogP contribution in [0.3, 0.4) is 0 Å². The Balaban J connectivity index is 0.00000280. The van der Waals surface area contributed by atoms with E-state index in [2.05, 4.69) is 51.6 Å². The topological polar surface area (TPSA) is 75.3 Å². The Labute approximate surface area is 177 Å². The predicted molar refractivity (Wildman–Crippen MR) is 116 cm³/mol. The summed E-state index contributed by atoms with van der Waals surface area (Å²) in [7, 11) is -3.46. The molecule has 1 heterocycles. The molecule has 2 saturated carbocycles. The first-order chi connectivity index (χ1) is 12.2. The Morgan fingerprint density at radius 3 is 2.11 bits per heavy atom. The second-order valence-electron chi connectivity index (χ2n) is 11.3. The number of rotatable bonds is 6. The third kappa shape index (κ3) is 4.45. The fourth-order valence-corrected chi connectivity index (χ4v) is 8.50. The van der Waals surface area contributed by atoms with Crippen molar-refractivity contribution in [1.29, 1.82) is 0 Å². The molecule has 0 aromatic heterocycles. The number of sulfonamides is 1. The summed E-state index contributed by atoms with van der Waals surface area (Å²) in [5, 5.41) is 3.67. The lowest BCUT2D eigenvalue weighted by Crippen LogP contribution is -2.58. The molecular weight excluding hydrogens is 396 g/mol. The number of piperidine rings is 1. The smallest absolute Gasteiger partial charge is 0.212 e. The van der Waals surface area contributed by atoms with Crippen molar-refractivity contribution in [3.63, 3.8) is 0 Å². The van der Waals surface area contributed by atoms with E-state index >= 15 is 0 Å². The summed E-state index contributed by atoms with van der Waals surface area (Å²) in [6, 6.07) is 0. The van der Waals surface area contributed by atoms with E-state index in [4.69, 9.17) is 0 Å². The Kier molecular flexibility index (Phi) is 6.46. The summed E-state index contributed by atoms with van der Waals surface area (Å²) in [4.78, 5) is 12.6. The van der Waals surface area contributed by atoms with Gasteiger partial charge < -0.3 is 5.32 Å². The van der Waals surface area contributed by atoms with E-state index in [9.17, 15) is 13.2 Å². The molecule has 3 rings (SSSR count). The van der Waals surface area contributed by atoms with Gasteiger partial charge >= 0.3 is 0 Å². The van der Waals surface area contributed by atoms with E-state index in [1.54, 1.807) is 0 Å². The van der Waals surface area contributed by atoms with Gasteiger partial charge in [0.15, 0.2) is 0 Å². The molecule has 1 aliphatic heterocycles. The minimum absolute atomic E-state index is 0. The van der Waals surface area contributed by atoms with Crippen molar-refractivity contribution in [3.05, 3.63) is 0 Å². The fourth-order valence-electron chi connectivity index (χ4n) is 6.64. The number of fused-ring (bicyclic) bond motifs is 2. The zero-order chi connectivity index (χ0) is 20.3. The van der Waals surface area contributed by atoms with E-state index in [0.717, 1.165) is 32.1 Å². The molecule has 28 heavy (non-hydrogen) atoms. The summed E-state index contributed by atoms with van der Waals surface area (Å²) in [5.41, 5.74) is -0.739. The number of hydrogen-bond donors (Lipinski definition) is 2. The minimum atomic E-state index is -3.46. The van der Waals surface area contributed by atoms with Gasteiger partial charge in [0.25, 0.3) is 0 Å². The first-order valence-electron chi connectivity index (χ1n) is 10.5. The van der Waals surface area contributed by atoms with Gasteiger partial charge in [0.05, 0.1) is 5.75 Å². The molecule has 0 radical (unpaired) electrons. The third-order valence-corrected chi connectivity index (χ3v) is 9.24. The number of nitrogens with one attached hydrogen (secondary N) is 2. The van der Waals surface area contributed by atoms with E-state index < -0.39 is 15.4 Å².